The lowest BCUT2D eigenvalue weighted by atomic mass is 9.93. The first-order valence-corrected chi connectivity index (χ1v) is 8.21. The molecule has 2 N–H and O–H groups in total. The van der Waals surface area contributed by atoms with Gasteiger partial charge in [0.2, 0.25) is 0 Å². The Morgan fingerprint density at radius 2 is 2.14 bits per heavy atom. The van der Waals surface area contributed by atoms with Crippen LogP contribution in [0.4, 0.5) is 0 Å². The zero-order chi connectivity index (χ0) is 15.2. The van der Waals surface area contributed by atoms with Crippen molar-refractivity contribution in [1.82, 2.24) is 14.7 Å². The monoisotopic (exact) mass is 292 g/mol. The van der Waals surface area contributed by atoms with Gasteiger partial charge in [-0.15, -0.1) is 0 Å². The fourth-order valence-corrected chi connectivity index (χ4v) is 3.15. The SMILES string of the molecule is CCc1cc(C(=O)N(CCCN)C2CCCCC2)n(C)n1. The molecule has 5 heteroatoms. The molecule has 0 bridgehead atoms. The lowest BCUT2D eigenvalue weighted by Gasteiger charge is -2.34. The number of aromatic nitrogens is 2. The summed E-state index contributed by atoms with van der Waals surface area (Å²) >= 11 is 0. The number of amides is 1. The van der Waals surface area contributed by atoms with Crippen LogP contribution < -0.4 is 5.73 Å². The van der Waals surface area contributed by atoms with E-state index in [0.717, 1.165) is 37.9 Å². The maximum absolute atomic E-state index is 12.9. The van der Waals surface area contributed by atoms with Crippen LogP contribution in [0.3, 0.4) is 0 Å². The molecule has 0 spiro atoms. The maximum atomic E-state index is 12.9. The molecule has 0 unspecified atom stereocenters. The van der Waals surface area contributed by atoms with E-state index in [9.17, 15) is 4.79 Å². The molecule has 5 nitrogen and oxygen atoms in total. The molecule has 1 aromatic heterocycles. The van der Waals surface area contributed by atoms with Crippen LogP contribution in [-0.4, -0.2) is 39.7 Å². The molecule has 1 saturated carbocycles. The van der Waals surface area contributed by atoms with Crippen molar-refractivity contribution in [2.24, 2.45) is 12.8 Å². The van der Waals surface area contributed by atoms with Crippen LogP contribution in [0.5, 0.6) is 0 Å². The largest absolute Gasteiger partial charge is 0.334 e. The van der Waals surface area contributed by atoms with Crippen molar-refractivity contribution in [1.29, 1.82) is 0 Å². The van der Waals surface area contributed by atoms with Crippen LogP contribution >= 0.6 is 0 Å². The van der Waals surface area contributed by atoms with E-state index in [4.69, 9.17) is 5.73 Å². The quantitative estimate of drug-likeness (QED) is 0.873. The molecule has 1 aromatic rings. The molecule has 0 aliphatic heterocycles. The Morgan fingerprint density at radius 1 is 1.43 bits per heavy atom. The molecule has 21 heavy (non-hydrogen) atoms. The highest BCUT2D eigenvalue weighted by atomic mass is 16.2. The molecule has 1 fully saturated rings. The number of hydrogen-bond donors (Lipinski definition) is 1. The van der Waals surface area contributed by atoms with Crippen LogP contribution in [0, 0.1) is 0 Å². The van der Waals surface area contributed by atoms with E-state index in [-0.39, 0.29) is 5.91 Å². The van der Waals surface area contributed by atoms with Gasteiger partial charge in [0.05, 0.1) is 5.69 Å². The highest BCUT2D eigenvalue weighted by Gasteiger charge is 2.27. The third-order valence-corrected chi connectivity index (χ3v) is 4.39. The van der Waals surface area contributed by atoms with Crippen LogP contribution in [0.1, 0.15) is 61.6 Å². The summed E-state index contributed by atoms with van der Waals surface area (Å²) in [5, 5.41) is 4.40. The number of hydrogen-bond acceptors (Lipinski definition) is 3. The standard InChI is InChI=1S/C16H28N4O/c1-3-13-12-15(19(2)18-13)16(21)20(11-7-10-17)14-8-5-4-6-9-14/h12,14H,3-11,17H2,1-2H3. The second kappa shape index (κ2) is 7.59. The van der Waals surface area contributed by atoms with E-state index in [1.165, 1.54) is 19.3 Å². The van der Waals surface area contributed by atoms with Gasteiger partial charge in [-0.25, -0.2) is 0 Å². The molecular formula is C16H28N4O. The second-order valence-electron chi connectivity index (χ2n) is 5.93. The summed E-state index contributed by atoms with van der Waals surface area (Å²) in [5.41, 5.74) is 7.32. The molecule has 0 aromatic carbocycles. The van der Waals surface area contributed by atoms with Gasteiger partial charge < -0.3 is 10.6 Å². The van der Waals surface area contributed by atoms with E-state index in [2.05, 4.69) is 12.0 Å². The van der Waals surface area contributed by atoms with E-state index < -0.39 is 0 Å². The first-order chi connectivity index (χ1) is 10.2. The molecule has 0 atom stereocenters. The zero-order valence-corrected chi connectivity index (χ0v) is 13.3. The van der Waals surface area contributed by atoms with Crippen molar-refractivity contribution >= 4 is 5.91 Å². The number of nitrogens with two attached hydrogens (primary N) is 1. The Labute approximate surface area is 127 Å². The maximum Gasteiger partial charge on any atom is 0.272 e. The summed E-state index contributed by atoms with van der Waals surface area (Å²) in [6.07, 6.45) is 7.70. The fraction of sp³-hybridized carbons (Fsp3) is 0.750. The predicted molar refractivity (Wildman–Crippen MR) is 84.2 cm³/mol. The molecule has 2 rings (SSSR count). The number of carbonyl (C=O) groups is 1. The van der Waals surface area contributed by atoms with E-state index in [1.54, 1.807) is 4.68 Å². The Hall–Kier alpha value is -1.36. The molecule has 0 saturated heterocycles. The van der Waals surface area contributed by atoms with Gasteiger partial charge >= 0.3 is 0 Å². The normalized spacial score (nSPS) is 16.1. The van der Waals surface area contributed by atoms with Crippen LogP contribution in [-0.2, 0) is 13.5 Å². The fourth-order valence-electron chi connectivity index (χ4n) is 3.15. The van der Waals surface area contributed by atoms with Gasteiger partial charge in [0.15, 0.2) is 0 Å². The minimum absolute atomic E-state index is 0.116. The minimum atomic E-state index is 0.116. The molecule has 1 heterocycles. The van der Waals surface area contributed by atoms with Gasteiger partial charge in [0.1, 0.15) is 5.69 Å². The highest BCUT2D eigenvalue weighted by molar-refractivity contribution is 5.93. The summed E-state index contributed by atoms with van der Waals surface area (Å²) in [4.78, 5) is 15.0. The Morgan fingerprint density at radius 3 is 2.71 bits per heavy atom. The van der Waals surface area contributed by atoms with Gasteiger partial charge in [0.25, 0.3) is 5.91 Å². The van der Waals surface area contributed by atoms with Gasteiger partial charge in [-0.2, -0.15) is 5.10 Å². The first-order valence-electron chi connectivity index (χ1n) is 8.21. The predicted octanol–water partition coefficient (Wildman–Crippen LogP) is 2.11. The number of aryl methyl sites for hydroxylation is 2. The van der Waals surface area contributed by atoms with Crippen molar-refractivity contribution in [2.75, 3.05) is 13.1 Å². The van der Waals surface area contributed by atoms with Gasteiger partial charge in [-0.05, 0) is 38.3 Å². The van der Waals surface area contributed by atoms with Crippen molar-refractivity contribution in [3.05, 3.63) is 17.5 Å². The average molecular weight is 292 g/mol. The van der Waals surface area contributed by atoms with Crippen molar-refractivity contribution in [3.63, 3.8) is 0 Å². The second-order valence-corrected chi connectivity index (χ2v) is 5.93. The summed E-state index contributed by atoms with van der Waals surface area (Å²) in [7, 11) is 1.86. The molecule has 1 aliphatic rings. The van der Waals surface area contributed by atoms with Crippen LogP contribution in [0.15, 0.2) is 6.07 Å². The first kappa shape index (κ1) is 16.0. The summed E-state index contributed by atoms with van der Waals surface area (Å²) < 4.78 is 1.72. The molecule has 1 aliphatic carbocycles. The smallest absolute Gasteiger partial charge is 0.272 e. The Kier molecular flexibility index (Phi) is 5.79. The van der Waals surface area contributed by atoms with Gasteiger partial charge in [-0.3, -0.25) is 9.48 Å². The van der Waals surface area contributed by atoms with E-state index in [0.29, 0.717) is 18.3 Å². The summed E-state index contributed by atoms with van der Waals surface area (Å²) in [6, 6.07) is 2.30. The molecule has 118 valence electrons. The highest BCUT2D eigenvalue weighted by Crippen LogP contribution is 2.24. The molecule has 0 radical (unpaired) electrons. The zero-order valence-electron chi connectivity index (χ0n) is 13.3. The molecular weight excluding hydrogens is 264 g/mol. The van der Waals surface area contributed by atoms with Crippen molar-refractivity contribution in [3.8, 4) is 0 Å². The van der Waals surface area contributed by atoms with E-state index in [1.807, 2.05) is 18.0 Å². The number of carbonyl (C=O) groups excluding carboxylic acids is 1. The van der Waals surface area contributed by atoms with Crippen LogP contribution in [0.25, 0.3) is 0 Å². The minimum Gasteiger partial charge on any atom is -0.334 e. The average Bonchev–Trinajstić information content (AvgIpc) is 2.89. The third-order valence-electron chi connectivity index (χ3n) is 4.39. The van der Waals surface area contributed by atoms with Crippen molar-refractivity contribution < 1.29 is 4.79 Å². The topological polar surface area (TPSA) is 64.2 Å². The Balaban J connectivity index is 2.17. The number of rotatable bonds is 6. The third kappa shape index (κ3) is 3.84. The van der Waals surface area contributed by atoms with Gasteiger partial charge in [0, 0.05) is 19.6 Å². The van der Waals surface area contributed by atoms with Crippen molar-refractivity contribution in [2.45, 2.75) is 57.9 Å². The van der Waals surface area contributed by atoms with Crippen LogP contribution in [0.2, 0.25) is 0 Å². The Bertz CT molecular complexity index is 463. The summed E-state index contributed by atoms with van der Waals surface area (Å²) in [6.45, 7) is 3.44. The molecule has 1 amide bonds. The van der Waals surface area contributed by atoms with Gasteiger partial charge in [-0.1, -0.05) is 26.2 Å². The lowest BCUT2D eigenvalue weighted by molar-refractivity contribution is 0.0621. The summed E-state index contributed by atoms with van der Waals surface area (Å²) in [5.74, 6) is 0.116. The lowest BCUT2D eigenvalue weighted by Crippen LogP contribution is -2.43. The van der Waals surface area contributed by atoms with E-state index >= 15 is 0 Å². The number of nitrogens with zero attached hydrogens (tertiary/aromatic N) is 3.